The van der Waals surface area contributed by atoms with Gasteiger partial charge in [-0.1, -0.05) is 0 Å². The summed E-state index contributed by atoms with van der Waals surface area (Å²) >= 11 is 0. The standard InChI is InChI=1S/C7H15N2.BrH/c1-4-9(3,5-2)7-6-8;/h4-5,7H2,1-3H3;1H/q+1;/p-1. The lowest BCUT2D eigenvalue weighted by Gasteiger charge is -2.28. The molecule has 0 saturated carbocycles. The van der Waals surface area contributed by atoms with Crippen LogP contribution in [0.4, 0.5) is 0 Å². The van der Waals surface area contributed by atoms with Gasteiger partial charge >= 0.3 is 0 Å². The average molecular weight is 207 g/mol. The Morgan fingerprint density at radius 2 is 1.70 bits per heavy atom. The highest BCUT2D eigenvalue weighted by Gasteiger charge is 2.13. The summed E-state index contributed by atoms with van der Waals surface area (Å²) in [6.45, 7) is 6.95. The molecular formula is C7H15BrN2. The SMILES string of the molecule is CC[N+](C)(CC)CC#N.[Br-]. The van der Waals surface area contributed by atoms with E-state index in [9.17, 15) is 0 Å². The van der Waals surface area contributed by atoms with E-state index in [2.05, 4.69) is 27.0 Å². The van der Waals surface area contributed by atoms with Gasteiger partial charge in [0.1, 0.15) is 6.07 Å². The van der Waals surface area contributed by atoms with E-state index < -0.39 is 0 Å². The third kappa shape index (κ3) is 3.86. The Balaban J connectivity index is 0. The maximum atomic E-state index is 8.40. The molecule has 10 heavy (non-hydrogen) atoms. The van der Waals surface area contributed by atoms with Crippen LogP contribution in [0.25, 0.3) is 0 Å². The van der Waals surface area contributed by atoms with Crippen LogP contribution in [0, 0.1) is 11.3 Å². The van der Waals surface area contributed by atoms with Gasteiger partial charge in [0.05, 0.1) is 20.1 Å². The molecule has 0 aromatic heterocycles. The highest BCUT2D eigenvalue weighted by atomic mass is 79.9. The lowest BCUT2D eigenvalue weighted by molar-refractivity contribution is -0.899. The number of nitriles is 1. The molecule has 60 valence electrons. The fourth-order valence-electron chi connectivity index (χ4n) is 0.618. The Bertz CT molecular complexity index is 113. The second-order valence-electron chi connectivity index (χ2n) is 2.57. The number of hydrogen-bond acceptors (Lipinski definition) is 1. The fourth-order valence-corrected chi connectivity index (χ4v) is 0.618. The summed E-state index contributed by atoms with van der Waals surface area (Å²) in [7, 11) is 2.10. The van der Waals surface area contributed by atoms with Crippen LogP contribution in [0.1, 0.15) is 13.8 Å². The Labute approximate surface area is 73.8 Å². The molecule has 0 aliphatic carbocycles. The topological polar surface area (TPSA) is 23.8 Å². The average Bonchev–Trinajstić information content (AvgIpc) is 1.89. The number of quaternary nitrogens is 1. The molecule has 0 fully saturated rings. The smallest absolute Gasteiger partial charge is 0.166 e. The lowest BCUT2D eigenvalue weighted by atomic mass is 10.4. The third-order valence-electron chi connectivity index (χ3n) is 1.98. The molecule has 2 nitrogen and oxygen atoms in total. The van der Waals surface area contributed by atoms with Crippen molar-refractivity contribution in [1.82, 2.24) is 0 Å². The molecule has 0 spiro atoms. The second-order valence-corrected chi connectivity index (χ2v) is 2.57. The van der Waals surface area contributed by atoms with Crippen molar-refractivity contribution in [3.05, 3.63) is 0 Å². The van der Waals surface area contributed by atoms with Crippen molar-refractivity contribution >= 4 is 0 Å². The zero-order valence-corrected chi connectivity index (χ0v) is 8.48. The Morgan fingerprint density at radius 3 is 1.80 bits per heavy atom. The first-order valence-electron chi connectivity index (χ1n) is 3.39. The van der Waals surface area contributed by atoms with Crippen LogP contribution in [-0.2, 0) is 0 Å². The van der Waals surface area contributed by atoms with Gasteiger partial charge in [-0.3, -0.25) is 0 Å². The Hall–Kier alpha value is -0.0700. The van der Waals surface area contributed by atoms with E-state index in [1.807, 2.05) is 0 Å². The van der Waals surface area contributed by atoms with Gasteiger partial charge in [-0.05, 0) is 13.8 Å². The Kier molecular flexibility index (Phi) is 7.17. The minimum Gasteiger partial charge on any atom is -1.00 e. The first-order chi connectivity index (χ1) is 4.18. The monoisotopic (exact) mass is 206 g/mol. The lowest BCUT2D eigenvalue weighted by Crippen LogP contribution is -3.00. The normalized spacial score (nSPS) is 9.80. The summed E-state index contributed by atoms with van der Waals surface area (Å²) in [6, 6.07) is 2.18. The van der Waals surface area contributed by atoms with Crippen molar-refractivity contribution in [2.24, 2.45) is 0 Å². The molecular weight excluding hydrogens is 192 g/mol. The maximum absolute atomic E-state index is 8.40. The van der Waals surface area contributed by atoms with Crippen molar-refractivity contribution in [2.45, 2.75) is 13.8 Å². The zero-order valence-electron chi connectivity index (χ0n) is 6.89. The van der Waals surface area contributed by atoms with Crippen molar-refractivity contribution in [2.75, 3.05) is 26.7 Å². The van der Waals surface area contributed by atoms with Crippen molar-refractivity contribution < 1.29 is 21.5 Å². The highest BCUT2D eigenvalue weighted by Crippen LogP contribution is 1.97. The molecule has 0 aromatic rings. The predicted octanol–water partition coefficient (Wildman–Crippen LogP) is -2.00. The summed E-state index contributed by atoms with van der Waals surface area (Å²) in [5.74, 6) is 0. The molecule has 0 atom stereocenters. The second kappa shape index (κ2) is 5.70. The molecule has 0 unspecified atom stereocenters. The minimum atomic E-state index is 0. The van der Waals surface area contributed by atoms with E-state index in [1.165, 1.54) is 0 Å². The first kappa shape index (κ1) is 12.6. The number of nitrogens with zero attached hydrogens (tertiary/aromatic N) is 2. The van der Waals surface area contributed by atoms with Gasteiger partial charge in [-0.25, -0.2) is 0 Å². The number of halogens is 1. The van der Waals surface area contributed by atoms with E-state index in [4.69, 9.17) is 5.26 Å². The molecule has 0 radical (unpaired) electrons. The van der Waals surface area contributed by atoms with Gasteiger partial charge in [0.2, 0.25) is 0 Å². The van der Waals surface area contributed by atoms with Gasteiger partial charge < -0.3 is 21.5 Å². The molecule has 0 bridgehead atoms. The molecule has 0 aliphatic heterocycles. The summed E-state index contributed by atoms with van der Waals surface area (Å²) in [5, 5.41) is 8.40. The molecule has 0 aromatic carbocycles. The maximum Gasteiger partial charge on any atom is 0.166 e. The van der Waals surface area contributed by atoms with Crippen molar-refractivity contribution in [3.63, 3.8) is 0 Å². The molecule has 0 aliphatic rings. The quantitative estimate of drug-likeness (QED) is 0.388. The van der Waals surface area contributed by atoms with Crippen LogP contribution in [0.15, 0.2) is 0 Å². The van der Waals surface area contributed by atoms with Crippen molar-refractivity contribution in [3.8, 4) is 6.07 Å². The summed E-state index contributed by atoms with van der Waals surface area (Å²) in [6.07, 6.45) is 0. The van der Waals surface area contributed by atoms with Gasteiger partial charge in [-0.15, -0.1) is 0 Å². The first-order valence-corrected chi connectivity index (χ1v) is 3.39. The van der Waals surface area contributed by atoms with Crippen molar-refractivity contribution in [1.29, 1.82) is 5.26 Å². The zero-order chi connectivity index (χ0) is 7.33. The largest absolute Gasteiger partial charge is 1.00 e. The molecule has 0 rings (SSSR count). The van der Waals surface area contributed by atoms with Gasteiger partial charge in [0.25, 0.3) is 0 Å². The minimum absolute atomic E-state index is 0. The van der Waals surface area contributed by atoms with Gasteiger partial charge in [0.15, 0.2) is 6.54 Å². The molecule has 0 N–H and O–H groups in total. The van der Waals surface area contributed by atoms with Gasteiger partial charge in [0, 0.05) is 0 Å². The van der Waals surface area contributed by atoms with Crippen LogP contribution in [-0.4, -0.2) is 31.2 Å². The number of rotatable bonds is 3. The van der Waals surface area contributed by atoms with Crippen LogP contribution >= 0.6 is 0 Å². The fraction of sp³-hybridized carbons (Fsp3) is 0.857. The van der Waals surface area contributed by atoms with E-state index >= 15 is 0 Å². The third-order valence-corrected chi connectivity index (χ3v) is 1.98. The van der Waals surface area contributed by atoms with E-state index in [0.29, 0.717) is 6.54 Å². The Morgan fingerprint density at radius 1 is 1.30 bits per heavy atom. The van der Waals surface area contributed by atoms with E-state index in [-0.39, 0.29) is 17.0 Å². The molecule has 0 amide bonds. The molecule has 0 saturated heterocycles. The highest BCUT2D eigenvalue weighted by molar-refractivity contribution is 4.67. The van der Waals surface area contributed by atoms with Crippen LogP contribution in [0.5, 0.6) is 0 Å². The molecule has 3 heteroatoms. The number of hydrogen-bond donors (Lipinski definition) is 0. The predicted molar refractivity (Wildman–Crippen MR) is 37.7 cm³/mol. The van der Waals surface area contributed by atoms with E-state index in [1.54, 1.807) is 0 Å². The summed E-state index contributed by atoms with van der Waals surface area (Å²) in [4.78, 5) is 0. The van der Waals surface area contributed by atoms with E-state index in [0.717, 1.165) is 17.6 Å². The molecule has 0 heterocycles. The summed E-state index contributed by atoms with van der Waals surface area (Å²) < 4.78 is 0.872. The van der Waals surface area contributed by atoms with Gasteiger partial charge in [-0.2, -0.15) is 5.26 Å². The van der Waals surface area contributed by atoms with Crippen LogP contribution in [0.3, 0.4) is 0 Å². The summed E-state index contributed by atoms with van der Waals surface area (Å²) in [5.41, 5.74) is 0. The van der Waals surface area contributed by atoms with Crippen LogP contribution < -0.4 is 17.0 Å². The van der Waals surface area contributed by atoms with Crippen LogP contribution in [0.2, 0.25) is 0 Å².